The van der Waals surface area contributed by atoms with E-state index in [2.05, 4.69) is 32.0 Å². The van der Waals surface area contributed by atoms with E-state index in [9.17, 15) is 14.4 Å². The van der Waals surface area contributed by atoms with Gasteiger partial charge in [0.15, 0.2) is 0 Å². The van der Waals surface area contributed by atoms with Crippen molar-refractivity contribution >= 4 is 16.9 Å². The molecule has 0 bridgehead atoms. The zero-order valence-electron chi connectivity index (χ0n) is 16.2. The first-order valence-corrected chi connectivity index (χ1v) is 10.1. The van der Waals surface area contributed by atoms with Gasteiger partial charge in [0.25, 0.3) is 0 Å². The first kappa shape index (κ1) is 19.7. The average Bonchev–Trinajstić information content (AvgIpc) is 3.14. The topological polar surface area (TPSA) is 103 Å². The van der Waals surface area contributed by atoms with Gasteiger partial charge in [-0.05, 0) is 49.9 Å². The van der Waals surface area contributed by atoms with Crippen molar-refractivity contribution < 1.29 is 9.18 Å². The van der Waals surface area contributed by atoms with Gasteiger partial charge in [0.2, 0.25) is 5.91 Å². The predicted molar refractivity (Wildman–Crippen MR) is 107 cm³/mol. The van der Waals surface area contributed by atoms with E-state index in [0.717, 1.165) is 17.6 Å². The molecule has 2 aliphatic heterocycles. The van der Waals surface area contributed by atoms with Crippen LogP contribution >= 0.6 is 0 Å². The maximum Gasteiger partial charge on any atom is 0.223 e. The van der Waals surface area contributed by atoms with Gasteiger partial charge in [-0.15, -0.1) is 0 Å². The molecule has 7 nitrogen and oxygen atoms in total. The minimum absolute atomic E-state index is 0.0600. The number of nitriles is 1. The van der Waals surface area contributed by atoms with Crippen LogP contribution in [0.4, 0.5) is 4.39 Å². The lowest BCUT2D eigenvalue weighted by atomic mass is 9.89. The Labute approximate surface area is 169 Å². The summed E-state index contributed by atoms with van der Waals surface area (Å²) in [6, 6.07) is 5.78. The highest BCUT2D eigenvalue weighted by molar-refractivity contribution is 5.83. The van der Waals surface area contributed by atoms with Crippen LogP contribution in [0, 0.1) is 17.2 Å². The van der Waals surface area contributed by atoms with Crippen LogP contribution < -0.4 is 16.0 Å². The Balaban J connectivity index is 1.45. The Bertz CT molecular complexity index is 936. The molecule has 1 aromatic carbocycles. The highest BCUT2D eigenvalue weighted by Gasteiger charge is 2.36. The molecular formula is C21H25FN6O. The lowest BCUT2D eigenvalue weighted by Gasteiger charge is -2.30. The third kappa shape index (κ3) is 4.36. The third-order valence-corrected chi connectivity index (χ3v) is 5.97. The number of carbonyl (C=O) groups is 1. The molecule has 1 amide bonds. The van der Waals surface area contributed by atoms with Gasteiger partial charge in [0, 0.05) is 31.5 Å². The van der Waals surface area contributed by atoms with Crippen LogP contribution in [0.5, 0.6) is 0 Å². The van der Waals surface area contributed by atoms with Crippen LogP contribution in [-0.4, -0.2) is 53.8 Å². The fourth-order valence-corrected chi connectivity index (χ4v) is 4.36. The smallest absolute Gasteiger partial charge is 0.223 e. The van der Waals surface area contributed by atoms with E-state index in [1.165, 1.54) is 0 Å². The van der Waals surface area contributed by atoms with Crippen molar-refractivity contribution in [2.24, 2.45) is 5.92 Å². The number of piperidine rings is 1. The molecule has 0 spiro atoms. The Morgan fingerprint density at radius 2 is 1.97 bits per heavy atom. The largest absolute Gasteiger partial charge is 0.352 e. The van der Waals surface area contributed by atoms with Crippen LogP contribution in [0.1, 0.15) is 30.4 Å². The van der Waals surface area contributed by atoms with Gasteiger partial charge in [-0.2, -0.15) is 5.26 Å². The number of nitrogens with one attached hydrogen (secondary N) is 3. The number of benzene rings is 1. The van der Waals surface area contributed by atoms with Crippen molar-refractivity contribution in [3.8, 4) is 6.07 Å². The molecule has 2 fully saturated rings. The minimum atomic E-state index is -1.41. The molecule has 2 aromatic rings. The Kier molecular flexibility index (Phi) is 5.69. The van der Waals surface area contributed by atoms with Crippen LogP contribution in [0.25, 0.3) is 11.0 Å². The lowest BCUT2D eigenvalue weighted by Crippen LogP contribution is -2.46. The number of alkyl halides is 1. The van der Waals surface area contributed by atoms with Crippen LogP contribution in [-0.2, 0) is 11.2 Å². The Morgan fingerprint density at radius 3 is 2.72 bits per heavy atom. The molecule has 0 saturated carbocycles. The van der Waals surface area contributed by atoms with Crippen LogP contribution in [0.2, 0.25) is 0 Å². The van der Waals surface area contributed by atoms with Gasteiger partial charge >= 0.3 is 0 Å². The summed E-state index contributed by atoms with van der Waals surface area (Å²) < 4.78 is 14.8. The van der Waals surface area contributed by atoms with Crippen molar-refractivity contribution in [2.75, 3.05) is 26.2 Å². The molecular weight excluding hydrogens is 371 g/mol. The summed E-state index contributed by atoms with van der Waals surface area (Å²) in [5, 5.41) is 18.8. The predicted octanol–water partition coefficient (Wildman–Crippen LogP) is 1.23. The number of fused-ring (bicyclic) bond motifs is 1. The van der Waals surface area contributed by atoms with E-state index in [0.29, 0.717) is 50.0 Å². The second-order valence-corrected chi connectivity index (χ2v) is 8.01. The monoisotopic (exact) mass is 396 g/mol. The lowest BCUT2D eigenvalue weighted by molar-refractivity contribution is -0.125. The van der Waals surface area contributed by atoms with Crippen molar-refractivity contribution in [2.45, 2.75) is 37.4 Å². The molecule has 0 unspecified atom stereocenters. The van der Waals surface area contributed by atoms with Crippen LogP contribution in [0.15, 0.2) is 24.5 Å². The number of halogens is 1. The number of amides is 1. The molecule has 2 saturated heterocycles. The molecule has 0 radical (unpaired) electrons. The summed E-state index contributed by atoms with van der Waals surface area (Å²) in [5.41, 5.74) is 1.42. The number of rotatable bonds is 5. The van der Waals surface area contributed by atoms with E-state index in [1.807, 2.05) is 6.07 Å². The fourth-order valence-electron chi connectivity index (χ4n) is 4.36. The number of carbonyl (C=O) groups excluding carboxylic acids is 1. The van der Waals surface area contributed by atoms with Gasteiger partial charge < -0.3 is 16.0 Å². The summed E-state index contributed by atoms with van der Waals surface area (Å²) in [6.07, 6.45) is 4.58. The van der Waals surface area contributed by atoms with Gasteiger partial charge in [-0.25, -0.2) is 4.39 Å². The van der Waals surface area contributed by atoms with E-state index >= 15 is 0 Å². The molecule has 4 rings (SSSR count). The van der Waals surface area contributed by atoms with E-state index in [4.69, 9.17) is 0 Å². The minimum Gasteiger partial charge on any atom is -0.352 e. The fraction of sp³-hybridized carbons (Fsp3) is 0.524. The zero-order valence-corrected chi connectivity index (χ0v) is 16.2. The average molecular weight is 396 g/mol. The van der Waals surface area contributed by atoms with Crippen molar-refractivity contribution in [1.29, 1.82) is 5.26 Å². The molecule has 0 aliphatic carbocycles. The highest BCUT2D eigenvalue weighted by atomic mass is 19.1. The summed E-state index contributed by atoms with van der Waals surface area (Å²) in [4.78, 5) is 21.2. The van der Waals surface area contributed by atoms with Gasteiger partial charge in [0.1, 0.15) is 17.3 Å². The number of nitrogens with zero attached hydrogens (tertiary/aromatic N) is 3. The number of hydrogen-bond donors (Lipinski definition) is 3. The van der Waals surface area contributed by atoms with Crippen LogP contribution in [0.3, 0.4) is 0 Å². The SMILES string of the molecule is N#Cc1ccc(C[C@@H]2CNC[C@@H]2NC(=O)CC2(F)CCNCC2)c2nccnc12. The van der Waals surface area contributed by atoms with E-state index < -0.39 is 5.67 Å². The summed E-state index contributed by atoms with van der Waals surface area (Å²) in [5.74, 6) is -0.0572. The zero-order chi connectivity index (χ0) is 20.3. The summed E-state index contributed by atoms with van der Waals surface area (Å²) in [7, 11) is 0. The summed E-state index contributed by atoms with van der Waals surface area (Å²) in [6.45, 7) is 2.66. The van der Waals surface area contributed by atoms with E-state index in [-0.39, 0.29) is 24.3 Å². The quantitative estimate of drug-likeness (QED) is 0.703. The molecule has 2 atom stereocenters. The van der Waals surface area contributed by atoms with E-state index in [1.54, 1.807) is 18.5 Å². The second-order valence-electron chi connectivity index (χ2n) is 8.01. The maximum absolute atomic E-state index is 14.8. The molecule has 3 N–H and O–H groups in total. The van der Waals surface area contributed by atoms with Gasteiger partial charge in [-0.3, -0.25) is 14.8 Å². The summed E-state index contributed by atoms with van der Waals surface area (Å²) >= 11 is 0. The van der Waals surface area contributed by atoms with Gasteiger partial charge in [0.05, 0.1) is 17.5 Å². The molecule has 3 heterocycles. The normalized spacial score (nSPS) is 23.6. The first-order chi connectivity index (χ1) is 14.1. The van der Waals surface area contributed by atoms with Crippen molar-refractivity contribution in [3.63, 3.8) is 0 Å². The number of hydrogen-bond acceptors (Lipinski definition) is 6. The third-order valence-electron chi connectivity index (χ3n) is 5.97. The second kappa shape index (κ2) is 8.39. The highest BCUT2D eigenvalue weighted by Crippen LogP contribution is 2.28. The molecule has 8 heteroatoms. The molecule has 1 aromatic heterocycles. The standard InChI is InChI=1S/C21H25FN6O/c22-21(3-5-24-6-4-21)10-18(29)28-17-13-25-12-16(17)9-14-1-2-15(11-23)20-19(14)26-7-8-27-20/h1-2,7-8,16-17,24-25H,3-6,9-10,12-13H2,(H,28,29)/t16-,17+/m1/s1. The Morgan fingerprint density at radius 1 is 1.21 bits per heavy atom. The van der Waals surface area contributed by atoms with Crippen molar-refractivity contribution in [1.82, 2.24) is 25.9 Å². The Hall–Kier alpha value is -2.63. The molecule has 29 heavy (non-hydrogen) atoms. The van der Waals surface area contributed by atoms with Gasteiger partial charge in [-0.1, -0.05) is 6.07 Å². The molecule has 152 valence electrons. The van der Waals surface area contributed by atoms with Crippen molar-refractivity contribution in [3.05, 3.63) is 35.7 Å². The first-order valence-electron chi connectivity index (χ1n) is 10.1. The maximum atomic E-state index is 14.8. The number of aromatic nitrogens is 2. The molecule has 2 aliphatic rings.